The number of hydrogen-bond acceptors (Lipinski definition) is 5. The summed E-state index contributed by atoms with van der Waals surface area (Å²) in [6.07, 6.45) is 3.66. The average Bonchev–Trinajstić information content (AvgIpc) is 2.79. The monoisotopic (exact) mass is 417 g/mol. The fourth-order valence-corrected chi connectivity index (χ4v) is 4.57. The highest BCUT2D eigenvalue weighted by Crippen LogP contribution is 2.31. The summed E-state index contributed by atoms with van der Waals surface area (Å²) >= 11 is 0. The molecule has 0 aliphatic carbocycles. The van der Waals surface area contributed by atoms with Crippen molar-refractivity contribution in [2.75, 3.05) is 19.6 Å². The quantitative estimate of drug-likeness (QED) is 0.488. The van der Waals surface area contributed by atoms with E-state index < -0.39 is 0 Å². The second-order valence-electron chi connectivity index (χ2n) is 8.35. The van der Waals surface area contributed by atoms with Crippen LogP contribution in [-0.4, -0.2) is 51.1 Å². The van der Waals surface area contributed by atoms with Gasteiger partial charge in [-0.1, -0.05) is 6.07 Å². The summed E-state index contributed by atoms with van der Waals surface area (Å²) in [7, 11) is 0. The van der Waals surface area contributed by atoms with Crippen LogP contribution in [0.2, 0.25) is 0 Å². The Labute approximate surface area is 180 Å². The van der Waals surface area contributed by atoms with E-state index in [1.807, 2.05) is 41.0 Å². The number of piperazine rings is 1. The van der Waals surface area contributed by atoms with Crippen LogP contribution in [0.15, 0.2) is 52.4 Å². The lowest BCUT2D eigenvalue weighted by Crippen LogP contribution is -2.53. The first kappa shape index (κ1) is 19.7. The summed E-state index contributed by atoms with van der Waals surface area (Å²) in [5, 5.41) is 4.01. The normalized spacial score (nSPS) is 21.8. The molecule has 5 rings (SSSR count). The Hall–Kier alpha value is -3.26. The van der Waals surface area contributed by atoms with Crippen LogP contribution in [0.1, 0.15) is 37.2 Å². The third-order valence-electron chi connectivity index (χ3n) is 6.14. The fourth-order valence-electron chi connectivity index (χ4n) is 4.57. The van der Waals surface area contributed by atoms with E-state index in [-0.39, 0.29) is 11.5 Å². The molecule has 1 saturated heterocycles. The Morgan fingerprint density at radius 1 is 1.26 bits per heavy atom. The molecule has 2 aliphatic rings. The van der Waals surface area contributed by atoms with Crippen LogP contribution in [0, 0.1) is 0 Å². The Kier molecular flexibility index (Phi) is 5.15. The molecule has 4 heterocycles. The van der Waals surface area contributed by atoms with Gasteiger partial charge in [-0.2, -0.15) is 0 Å². The minimum Gasteiger partial charge on any atom is -0.369 e. The van der Waals surface area contributed by atoms with Crippen LogP contribution in [0.4, 0.5) is 5.69 Å². The fraction of sp³-hybridized carbons (Fsp3) is 0.391. The van der Waals surface area contributed by atoms with Crippen molar-refractivity contribution < 1.29 is 0 Å². The Bertz CT molecular complexity index is 1190. The van der Waals surface area contributed by atoms with Crippen molar-refractivity contribution in [3.63, 3.8) is 0 Å². The highest BCUT2D eigenvalue weighted by Gasteiger charge is 2.26. The minimum absolute atomic E-state index is 0.0000577. The van der Waals surface area contributed by atoms with Crippen molar-refractivity contribution in [3.05, 3.63) is 64.5 Å². The highest BCUT2D eigenvalue weighted by molar-refractivity contribution is 5.85. The maximum atomic E-state index is 13.2. The molecule has 8 heteroatoms. The van der Waals surface area contributed by atoms with Gasteiger partial charge in [0.1, 0.15) is 5.82 Å². The van der Waals surface area contributed by atoms with Gasteiger partial charge in [-0.05, 0) is 50.1 Å². The first-order valence-corrected chi connectivity index (χ1v) is 10.9. The van der Waals surface area contributed by atoms with Crippen LogP contribution >= 0.6 is 0 Å². The summed E-state index contributed by atoms with van der Waals surface area (Å²) < 4.78 is 1.81. The molecule has 0 radical (unpaired) electrons. The number of pyridine rings is 1. The number of nitrogens with one attached hydrogen (secondary N) is 1. The molecule has 160 valence electrons. The predicted octanol–water partition coefficient (Wildman–Crippen LogP) is 1.96. The Morgan fingerprint density at radius 3 is 2.97 bits per heavy atom. The van der Waals surface area contributed by atoms with Crippen LogP contribution in [0.3, 0.4) is 0 Å². The maximum absolute atomic E-state index is 13.2. The smallest absolute Gasteiger partial charge is 0.261 e. The van der Waals surface area contributed by atoms with E-state index in [9.17, 15) is 4.79 Å². The van der Waals surface area contributed by atoms with Gasteiger partial charge in [0.2, 0.25) is 0 Å². The van der Waals surface area contributed by atoms with E-state index >= 15 is 0 Å². The van der Waals surface area contributed by atoms with Gasteiger partial charge in [-0.15, -0.1) is 0 Å². The number of rotatable bonds is 2. The molecular weight excluding hydrogens is 390 g/mol. The zero-order chi connectivity index (χ0) is 21.4. The van der Waals surface area contributed by atoms with Gasteiger partial charge in [0.05, 0.1) is 28.2 Å². The minimum atomic E-state index is 0.0000577. The lowest BCUT2D eigenvalue weighted by Gasteiger charge is -2.32. The third kappa shape index (κ3) is 3.79. The number of aromatic nitrogens is 3. The first-order chi connectivity index (χ1) is 15.1. The molecule has 0 saturated carbocycles. The topological polar surface area (TPSA) is 101 Å². The van der Waals surface area contributed by atoms with Crippen molar-refractivity contribution in [1.82, 2.24) is 24.8 Å². The second-order valence-corrected chi connectivity index (χ2v) is 8.35. The number of guanidine groups is 1. The van der Waals surface area contributed by atoms with E-state index in [2.05, 4.69) is 27.1 Å². The lowest BCUT2D eigenvalue weighted by atomic mass is 9.94. The molecule has 3 aromatic rings. The van der Waals surface area contributed by atoms with Crippen LogP contribution in [0.5, 0.6) is 0 Å². The molecular formula is C23H27N7O. The molecule has 31 heavy (non-hydrogen) atoms. The van der Waals surface area contributed by atoms with Gasteiger partial charge in [-0.25, -0.2) is 9.98 Å². The van der Waals surface area contributed by atoms with Crippen LogP contribution in [-0.2, 0) is 6.54 Å². The van der Waals surface area contributed by atoms with Crippen LogP contribution < -0.4 is 16.6 Å². The van der Waals surface area contributed by atoms with Gasteiger partial charge in [-0.3, -0.25) is 14.3 Å². The molecule has 0 bridgehead atoms. The molecule has 2 aromatic heterocycles. The Morgan fingerprint density at radius 2 is 2.16 bits per heavy atom. The average molecular weight is 418 g/mol. The number of aliphatic imine (C=N–C) groups is 1. The number of fused-ring (bicyclic) bond motifs is 2. The molecule has 1 aromatic carbocycles. The Balaban J connectivity index is 1.55. The summed E-state index contributed by atoms with van der Waals surface area (Å²) in [6, 6.07) is 11.8. The zero-order valence-corrected chi connectivity index (χ0v) is 17.7. The molecule has 2 aliphatic heterocycles. The van der Waals surface area contributed by atoms with Crippen molar-refractivity contribution in [1.29, 1.82) is 0 Å². The highest BCUT2D eigenvalue weighted by atomic mass is 16.1. The maximum Gasteiger partial charge on any atom is 0.261 e. The molecule has 1 fully saturated rings. The summed E-state index contributed by atoms with van der Waals surface area (Å²) in [6.45, 7) is 5.35. The zero-order valence-electron chi connectivity index (χ0n) is 17.7. The molecule has 0 amide bonds. The SMILES string of the molecule is C[C@H]1CN(C(N)=Nc2ccc3c(=O)n4c(nc3c2)C(c2ccccn2)CCC4)CCN1. The van der Waals surface area contributed by atoms with Crippen molar-refractivity contribution in [2.45, 2.75) is 38.3 Å². The van der Waals surface area contributed by atoms with E-state index in [0.717, 1.165) is 44.0 Å². The summed E-state index contributed by atoms with van der Waals surface area (Å²) in [5.74, 6) is 1.30. The van der Waals surface area contributed by atoms with Gasteiger partial charge in [0.15, 0.2) is 5.96 Å². The predicted molar refractivity (Wildman–Crippen MR) is 122 cm³/mol. The first-order valence-electron chi connectivity index (χ1n) is 10.9. The number of nitrogens with zero attached hydrogens (tertiary/aromatic N) is 5. The molecule has 1 unspecified atom stereocenters. The van der Waals surface area contributed by atoms with Crippen molar-refractivity contribution in [2.24, 2.45) is 10.7 Å². The number of benzene rings is 1. The van der Waals surface area contributed by atoms with E-state index in [0.29, 0.717) is 35.1 Å². The number of nitrogens with two attached hydrogens (primary N) is 1. The number of hydrogen-bond donors (Lipinski definition) is 2. The van der Waals surface area contributed by atoms with Gasteiger partial charge in [0.25, 0.3) is 5.56 Å². The molecule has 3 N–H and O–H groups in total. The van der Waals surface area contributed by atoms with E-state index in [1.54, 1.807) is 6.20 Å². The second kappa shape index (κ2) is 8.11. The molecule has 2 atom stereocenters. The van der Waals surface area contributed by atoms with Gasteiger partial charge < -0.3 is 16.0 Å². The van der Waals surface area contributed by atoms with E-state index in [1.165, 1.54) is 0 Å². The van der Waals surface area contributed by atoms with Crippen molar-refractivity contribution >= 4 is 22.5 Å². The summed E-state index contributed by atoms with van der Waals surface area (Å²) in [5.41, 5.74) is 8.59. The van der Waals surface area contributed by atoms with Gasteiger partial charge >= 0.3 is 0 Å². The third-order valence-corrected chi connectivity index (χ3v) is 6.14. The molecule has 0 spiro atoms. The molecule has 8 nitrogen and oxygen atoms in total. The summed E-state index contributed by atoms with van der Waals surface area (Å²) in [4.78, 5) is 29.3. The van der Waals surface area contributed by atoms with Gasteiger partial charge in [0, 0.05) is 38.4 Å². The largest absolute Gasteiger partial charge is 0.369 e. The standard InChI is InChI=1S/C23H27N7O/c1-15-14-29(12-10-25-15)23(24)27-16-7-8-18-20(13-16)28-21-17(19-6-2-3-9-26-19)5-4-11-30(21)22(18)31/h2-3,6-9,13,15,17,25H,4-5,10-12,14H2,1H3,(H2,24,27)/t15-,17?/m0/s1. The lowest BCUT2D eigenvalue weighted by molar-refractivity contribution is 0.301. The van der Waals surface area contributed by atoms with E-state index in [4.69, 9.17) is 10.7 Å². The van der Waals surface area contributed by atoms with Crippen LogP contribution in [0.25, 0.3) is 10.9 Å². The van der Waals surface area contributed by atoms with Crippen molar-refractivity contribution in [3.8, 4) is 0 Å².